The summed E-state index contributed by atoms with van der Waals surface area (Å²) in [6, 6.07) is 10.8. The largest absolute Gasteiger partial charge is 0.423 e. The first kappa shape index (κ1) is 13.5. The smallest absolute Gasteiger partial charge is 0.343 e. The molecule has 0 atom stereocenters. The van der Waals surface area contributed by atoms with Crippen LogP contribution in [0.25, 0.3) is 0 Å². The first-order valence-electron chi connectivity index (χ1n) is 5.80. The number of nitrogens with two attached hydrogens (primary N) is 1. The van der Waals surface area contributed by atoms with Crippen molar-refractivity contribution >= 4 is 17.3 Å². The van der Waals surface area contributed by atoms with E-state index in [1.165, 1.54) is 12.1 Å². The van der Waals surface area contributed by atoms with Crippen LogP contribution in [0.1, 0.15) is 15.9 Å². The van der Waals surface area contributed by atoms with Gasteiger partial charge in [-0.05, 0) is 36.8 Å². The van der Waals surface area contributed by atoms with Crippen molar-refractivity contribution in [2.45, 2.75) is 6.92 Å². The fourth-order valence-electron chi connectivity index (χ4n) is 1.67. The highest BCUT2D eigenvalue weighted by molar-refractivity contribution is 5.92. The van der Waals surface area contributed by atoms with Crippen molar-refractivity contribution in [1.82, 2.24) is 0 Å². The molecule has 0 saturated carbocycles. The van der Waals surface area contributed by atoms with E-state index in [0.29, 0.717) is 5.75 Å². The second-order valence-corrected chi connectivity index (χ2v) is 4.24. The molecule has 0 aromatic heterocycles. The van der Waals surface area contributed by atoms with E-state index in [1.807, 2.05) is 13.0 Å². The van der Waals surface area contributed by atoms with Crippen molar-refractivity contribution in [2.24, 2.45) is 0 Å². The van der Waals surface area contributed by atoms with Gasteiger partial charge in [0, 0.05) is 6.07 Å². The highest BCUT2D eigenvalue weighted by Crippen LogP contribution is 2.23. The van der Waals surface area contributed by atoms with E-state index in [4.69, 9.17) is 10.5 Å². The number of nitro groups is 1. The molecule has 0 fully saturated rings. The molecule has 0 bridgehead atoms. The molecule has 102 valence electrons. The van der Waals surface area contributed by atoms with Crippen molar-refractivity contribution in [1.29, 1.82) is 0 Å². The third kappa shape index (κ3) is 2.92. The van der Waals surface area contributed by atoms with E-state index >= 15 is 0 Å². The highest BCUT2D eigenvalue weighted by Gasteiger charge is 2.17. The van der Waals surface area contributed by atoms with Crippen LogP contribution in [-0.4, -0.2) is 10.9 Å². The van der Waals surface area contributed by atoms with Crippen LogP contribution in [0.3, 0.4) is 0 Å². The molecule has 6 nitrogen and oxygen atoms in total. The van der Waals surface area contributed by atoms with E-state index in [1.54, 1.807) is 18.2 Å². The number of carbonyl (C=O) groups excluding carboxylic acids is 1. The maximum Gasteiger partial charge on any atom is 0.343 e. The minimum Gasteiger partial charge on any atom is -0.423 e. The topological polar surface area (TPSA) is 95.5 Å². The van der Waals surface area contributed by atoms with Gasteiger partial charge in [0.2, 0.25) is 0 Å². The summed E-state index contributed by atoms with van der Waals surface area (Å²) in [6.45, 7) is 1.87. The van der Waals surface area contributed by atoms with Crippen LogP contribution < -0.4 is 10.5 Å². The number of ether oxygens (including phenoxy) is 1. The Morgan fingerprint density at radius 3 is 2.65 bits per heavy atom. The van der Waals surface area contributed by atoms with Crippen LogP contribution in [0.2, 0.25) is 0 Å². The van der Waals surface area contributed by atoms with Gasteiger partial charge in [0.15, 0.2) is 0 Å². The number of carbonyl (C=O) groups is 1. The standard InChI is InChI=1S/C14H12N2O4/c1-9-3-2-4-11(7-9)20-14(17)10-5-6-12(15)13(8-10)16(18)19/h2-8H,15H2,1H3. The molecule has 20 heavy (non-hydrogen) atoms. The predicted octanol–water partition coefficient (Wildman–Crippen LogP) is 2.70. The number of anilines is 1. The molecule has 0 heterocycles. The third-order valence-corrected chi connectivity index (χ3v) is 2.66. The van der Waals surface area contributed by atoms with E-state index in [2.05, 4.69) is 0 Å². The summed E-state index contributed by atoms with van der Waals surface area (Å²) in [6.07, 6.45) is 0. The first-order chi connectivity index (χ1) is 9.47. The fourth-order valence-corrected chi connectivity index (χ4v) is 1.67. The Morgan fingerprint density at radius 1 is 1.25 bits per heavy atom. The van der Waals surface area contributed by atoms with E-state index in [9.17, 15) is 14.9 Å². The van der Waals surface area contributed by atoms with Gasteiger partial charge < -0.3 is 10.5 Å². The maximum absolute atomic E-state index is 11.9. The molecule has 2 aromatic rings. The third-order valence-electron chi connectivity index (χ3n) is 2.66. The van der Waals surface area contributed by atoms with Gasteiger partial charge in [0.05, 0.1) is 10.5 Å². The van der Waals surface area contributed by atoms with E-state index < -0.39 is 10.9 Å². The molecule has 0 spiro atoms. The lowest BCUT2D eigenvalue weighted by molar-refractivity contribution is -0.383. The van der Waals surface area contributed by atoms with Crippen molar-refractivity contribution in [3.8, 4) is 5.75 Å². The molecule has 2 rings (SSSR count). The molecule has 0 aliphatic rings. The van der Waals surface area contributed by atoms with Crippen LogP contribution in [0, 0.1) is 17.0 Å². The average Bonchev–Trinajstić information content (AvgIpc) is 2.38. The Balaban J connectivity index is 2.26. The quantitative estimate of drug-likeness (QED) is 0.305. The first-order valence-corrected chi connectivity index (χ1v) is 5.80. The van der Waals surface area contributed by atoms with Crippen LogP contribution in [0.15, 0.2) is 42.5 Å². The Hall–Kier alpha value is -2.89. The molecule has 6 heteroatoms. The molecular formula is C14H12N2O4. The molecular weight excluding hydrogens is 260 g/mol. The summed E-state index contributed by atoms with van der Waals surface area (Å²) in [7, 11) is 0. The Bertz CT molecular complexity index is 683. The van der Waals surface area contributed by atoms with Crippen molar-refractivity contribution in [3.05, 3.63) is 63.7 Å². The van der Waals surface area contributed by atoms with E-state index in [0.717, 1.165) is 11.6 Å². The predicted molar refractivity (Wildman–Crippen MR) is 73.6 cm³/mol. The van der Waals surface area contributed by atoms with Crippen LogP contribution in [0.5, 0.6) is 5.75 Å². The minimum absolute atomic E-state index is 0.00195. The monoisotopic (exact) mass is 272 g/mol. The Morgan fingerprint density at radius 2 is 2.00 bits per heavy atom. The molecule has 0 aliphatic heterocycles. The van der Waals surface area contributed by atoms with Gasteiger partial charge in [-0.1, -0.05) is 12.1 Å². The lowest BCUT2D eigenvalue weighted by atomic mass is 10.2. The molecule has 2 N–H and O–H groups in total. The van der Waals surface area contributed by atoms with Gasteiger partial charge in [-0.2, -0.15) is 0 Å². The van der Waals surface area contributed by atoms with Gasteiger partial charge >= 0.3 is 5.97 Å². The Labute approximate surface area is 114 Å². The average molecular weight is 272 g/mol. The van der Waals surface area contributed by atoms with Crippen molar-refractivity contribution in [2.75, 3.05) is 5.73 Å². The molecule has 2 aromatic carbocycles. The zero-order chi connectivity index (χ0) is 14.7. The summed E-state index contributed by atoms with van der Waals surface area (Å²) in [4.78, 5) is 22.1. The molecule has 0 saturated heterocycles. The summed E-state index contributed by atoms with van der Waals surface area (Å²) in [5.74, 6) is -0.284. The molecule has 0 aliphatic carbocycles. The number of nitrogens with zero attached hydrogens (tertiary/aromatic N) is 1. The zero-order valence-corrected chi connectivity index (χ0v) is 10.7. The number of benzene rings is 2. The number of rotatable bonds is 3. The van der Waals surface area contributed by atoms with Gasteiger partial charge in [0.1, 0.15) is 11.4 Å². The van der Waals surface area contributed by atoms with E-state index in [-0.39, 0.29) is 16.9 Å². The molecule has 0 radical (unpaired) electrons. The minimum atomic E-state index is -0.668. The second-order valence-electron chi connectivity index (χ2n) is 4.24. The Kier molecular flexibility index (Phi) is 3.65. The van der Waals surface area contributed by atoms with Gasteiger partial charge in [-0.15, -0.1) is 0 Å². The van der Waals surface area contributed by atoms with Gasteiger partial charge in [-0.25, -0.2) is 4.79 Å². The number of aryl methyl sites for hydroxylation is 1. The van der Waals surface area contributed by atoms with Gasteiger partial charge in [-0.3, -0.25) is 10.1 Å². The number of hydrogen-bond acceptors (Lipinski definition) is 5. The SMILES string of the molecule is Cc1cccc(OC(=O)c2ccc(N)c([N+](=O)[O-])c2)c1. The summed E-state index contributed by atoms with van der Waals surface area (Å²) in [5, 5.41) is 10.8. The normalized spacial score (nSPS) is 10.1. The van der Waals surface area contributed by atoms with Gasteiger partial charge in [0.25, 0.3) is 5.69 Å². The number of nitro benzene ring substituents is 1. The van der Waals surface area contributed by atoms with Crippen LogP contribution in [-0.2, 0) is 0 Å². The fraction of sp³-hybridized carbons (Fsp3) is 0.0714. The lowest BCUT2D eigenvalue weighted by Crippen LogP contribution is -2.09. The van der Waals surface area contributed by atoms with Crippen molar-refractivity contribution in [3.63, 3.8) is 0 Å². The van der Waals surface area contributed by atoms with Crippen LogP contribution in [0.4, 0.5) is 11.4 Å². The maximum atomic E-state index is 11.9. The summed E-state index contributed by atoms with van der Waals surface area (Å²) in [5.41, 5.74) is 6.17. The molecule has 0 unspecified atom stereocenters. The lowest BCUT2D eigenvalue weighted by Gasteiger charge is -2.05. The highest BCUT2D eigenvalue weighted by atomic mass is 16.6. The van der Waals surface area contributed by atoms with Crippen molar-refractivity contribution < 1.29 is 14.5 Å². The number of nitrogen functional groups attached to an aromatic ring is 1. The molecule has 0 amide bonds. The number of hydrogen-bond donors (Lipinski definition) is 1. The zero-order valence-electron chi connectivity index (χ0n) is 10.7. The summed E-state index contributed by atoms with van der Waals surface area (Å²) >= 11 is 0. The summed E-state index contributed by atoms with van der Waals surface area (Å²) < 4.78 is 5.15. The number of esters is 1. The second kappa shape index (κ2) is 5.40. The van der Waals surface area contributed by atoms with Crippen LogP contribution >= 0.6 is 0 Å².